The molecule has 4 aromatic rings. The zero-order valence-electron chi connectivity index (χ0n) is 23.2. The third-order valence-corrected chi connectivity index (χ3v) is 6.97. The first-order valence-electron chi connectivity index (χ1n) is 13.1. The molecule has 8 nitrogen and oxygen atoms in total. The molecule has 0 aliphatic rings. The van der Waals surface area contributed by atoms with Crippen molar-refractivity contribution in [3.05, 3.63) is 122 Å². The standard InChI is InChI=1S/C32H31FN4O4/c1-18-25(9-6-10-26(18)31(40)35-4)28-23(17-27(32(41)37-28)36-30(39)19(2)34-3)16-20-7-5-8-22(15-20)29(38)21-11-13-24(33)14-12-21/h5-15,17,19,34H,16H2,1-4H3,(H,35,40)(H,36,39)(H,37,41)/t19-/m0/s1. The summed E-state index contributed by atoms with van der Waals surface area (Å²) >= 11 is 0. The molecule has 9 heteroatoms. The van der Waals surface area contributed by atoms with Crippen molar-refractivity contribution < 1.29 is 18.8 Å². The summed E-state index contributed by atoms with van der Waals surface area (Å²) in [7, 11) is 3.19. The predicted molar refractivity (Wildman–Crippen MR) is 157 cm³/mol. The van der Waals surface area contributed by atoms with Crippen LogP contribution in [0.4, 0.5) is 10.1 Å². The number of benzene rings is 3. The lowest BCUT2D eigenvalue weighted by Gasteiger charge is -2.17. The van der Waals surface area contributed by atoms with E-state index in [1.807, 2.05) is 12.1 Å². The van der Waals surface area contributed by atoms with Crippen LogP contribution in [0.25, 0.3) is 11.3 Å². The fraction of sp³-hybridized carbons (Fsp3) is 0.188. The van der Waals surface area contributed by atoms with E-state index in [-0.39, 0.29) is 23.3 Å². The summed E-state index contributed by atoms with van der Waals surface area (Å²) in [6.07, 6.45) is 0.296. The molecule has 0 fully saturated rings. The second-order valence-corrected chi connectivity index (χ2v) is 9.68. The number of carbonyl (C=O) groups is 3. The number of hydrogen-bond donors (Lipinski definition) is 4. The number of halogens is 1. The Morgan fingerprint density at radius 3 is 2.32 bits per heavy atom. The first kappa shape index (κ1) is 29.1. The van der Waals surface area contributed by atoms with Gasteiger partial charge in [-0.25, -0.2) is 4.39 Å². The SMILES string of the molecule is CNC(=O)c1cccc(-c2[nH]c(=O)c(NC(=O)[C@H](C)NC)cc2Cc2cccc(C(=O)c3ccc(F)cc3)c2)c1C. The summed E-state index contributed by atoms with van der Waals surface area (Å²) in [5.41, 5.74) is 4.08. The third-order valence-electron chi connectivity index (χ3n) is 6.97. The van der Waals surface area contributed by atoms with Gasteiger partial charge >= 0.3 is 0 Å². The highest BCUT2D eigenvalue weighted by atomic mass is 19.1. The number of H-pyrrole nitrogens is 1. The van der Waals surface area contributed by atoms with Gasteiger partial charge in [0, 0.05) is 29.3 Å². The molecule has 2 amide bonds. The highest BCUT2D eigenvalue weighted by Crippen LogP contribution is 2.29. The highest BCUT2D eigenvalue weighted by Gasteiger charge is 2.19. The average Bonchev–Trinajstić information content (AvgIpc) is 2.98. The highest BCUT2D eigenvalue weighted by molar-refractivity contribution is 6.09. The maximum atomic E-state index is 13.4. The van der Waals surface area contributed by atoms with E-state index in [0.29, 0.717) is 45.5 Å². The smallest absolute Gasteiger partial charge is 0.272 e. The minimum Gasteiger partial charge on any atom is -0.355 e. The molecule has 0 saturated carbocycles. The molecular weight excluding hydrogens is 523 g/mol. The number of pyridine rings is 1. The quantitative estimate of drug-likeness (QED) is 0.231. The van der Waals surface area contributed by atoms with Crippen molar-refractivity contribution in [3.8, 4) is 11.3 Å². The van der Waals surface area contributed by atoms with Crippen LogP contribution in [-0.4, -0.2) is 42.7 Å². The van der Waals surface area contributed by atoms with Crippen LogP contribution in [0.1, 0.15) is 49.9 Å². The van der Waals surface area contributed by atoms with Crippen LogP contribution in [-0.2, 0) is 11.2 Å². The fourth-order valence-electron chi connectivity index (χ4n) is 4.52. The van der Waals surface area contributed by atoms with Gasteiger partial charge in [-0.05, 0) is 86.5 Å². The maximum Gasteiger partial charge on any atom is 0.272 e. The van der Waals surface area contributed by atoms with Crippen molar-refractivity contribution >= 4 is 23.3 Å². The van der Waals surface area contributed by atoms with E-state index in [0.717, 1.165) is 5.56 Å². The molecule has 0 aliphatic heterocycles. The Hall–Kier alpha value is -4.89. The molecular formula is C32H31FN4O4. The molecule has 4 N–H and O–H groups in total. The number of likely N-dealkylation sites (N-methyl/N-ethyl adjacent to an activating group) is 1. The van der Waals surface area contributed by atoms with Crippen molar-refractivity contribution in [1.29, 1.82) is 0 Å². The number of aromatic nitrogens is 1. The number of amides is 2. The summed E-state index contributed by atoms with van der Waals surface area (Å²) < 4.78 is 13.4. The van der Waals surface area contributed by atoms with Gasteiger partial charge in [0.2, 0.25) is 5.91 Å². The van der Waals surface area contributed by atoms with Gasteiger partial charge in [-0.2, -0.15) is 0 Å². The lowest BCUT2D eigenvalue weighted by atomic mass is 9.93. The van der Waals surface area contributed by atoms with Crippen molar-refractivity contribution in [2.24, 2.45) is 0 Å². The number of carbonyl (C=O) groups excluding carboxylic acids is 3. The monoisotopic (exact) mass is 554 g/mol. The molecule has 1 atom stereocenters. The second kappa shape index (κ2) is 12.5. The van der Waals surface area contributed by atoms with Crippen molar-refractivity contribution in [2.45, 2.75) is 26.3 Å². The summed E-state index contributed by atoms with van der Waals surface area (Å²) in [4.78, 5) is 54.2. The molecule has 0 unspecified atom stereocenters. The van der Waals surface area contributed by atoms with Gasteiger partial charge in [-0.1, -0.05) is 30.3 Å². The molecule has 1 aromatic heterocycles. The molecule has 210 valence electrons. The van der Waals surface area contributed by atoms with Gasteiger partial charge in [-0.15, -0.1) is 0 Å². The number of nitrogens with one attached hydrogen (secondary N) is 4. The molecule has 0 spiro atoms. The molecule has 4 rings (SSSR count). The van der Waals surface area contributed by atoms with Crippen LogP contribution in [0.3, 0.4) is 0 Å². The Morgan fingerprint density at radius 1 is 0.927 bits per heavy atom. The van der Waals surface area contributed by atoms with Crippen LogP contribution >= 0.6 is 0 Å². The van der Waals surface area contributed by atoms with E-state index >= 15 is 0 Å². The molecule has 3 aromatic carbocycles. The second-order valence-electron chi connectivity index (χ2n) is 9.68. The van der Waals surface area contributed by atoms with Crippen LogP contribution in [0, 0.1) is 12.7 Å². The van der Waals surface area contributed by atoms with Gasteiger partial charge in [-0.3, -0.25) is 19.2 Å². The lowest BCUT2D eigenvalue weighted by molar-refractivity contribution is -0.117. The van der Waals surface area contributed by atoms with Crippen molar-refractivity contribution in [1.82, 2.24) is 15.6 Å². The summed E-state index contributed by atoms with van der Waals surface area (Å²) in [5, 5.41) is 8.15. The van der Waals surface area contributed by atoms with E-state index < -0.39 is 17.4 Å². The minimum absolute atomic E-state index is 0.0782. The fourth-order valence-corrected chi connectivity index (χ4v) is 4.52. The van der Waals surface area contributed by atoms with E-state index in [4.69, 9.17) is 0 Å². The first-order valence-corrected chi connectivity index (χ1v) is 13.1. The first-order chi connectivity index (χ1) is 19.6. The van der Waals surface area contributed by atoms with Gasteiger partial charge in [0.25, 0.3) is 11.5 Å². The topological polar surface area (TPSA) is 120 Å². The largest absolute Gasteiger partial charge is 0.355 e. The van der Waals surface area contributed by atoms with Gasteiger partial charge in [0.15, 0.2) is 5.78 Å². The zero-order chi connectivity index (χ0) is 29.7. The number of hydrogen-bond acceptors (Lipinski definition) is 5. The van der Waals surface area contributed by atoms with Crippen LogP contribution in [0.2, 0.25) is 0 Å². The van der Waals surface area contributed by atoms with E-state index in [2.05, 4.69) is 20.9 Å². The Labute approximate surface area is 237 Å². The Bertz CT molecular complexity index is 1680. The zero-order valence-corrected chi connectivity index (χ0v) is 23.2. The predicted octanol–water partition coefficient (Wildman–Crippen LogP) is 4.22. The Kier molecular flexibility index (Phi) is 8.89. The summed E-state index contributed by atoms with van der Waals surface area (Å²) in [6.45, 7) is 3.48. The van der Waals surface area contributed by atoms with E-state index in [1.165, 1.54) is 24.3 Å². The van der Waals surface area contributed by atoms with Crippen molar-refractivity contribution in [2.75, 3.05) is 19.4 Å². The van der Waals surface area contributed by atoms with Gasteiger partial charge in [0.05, 0.1) is 11.7 Å². The summed E-state index contributed by atoms with van der Waals surface area (Å²) in [6, 6.07) is 18.7. The lowest BCUT2D eigenvalue weighted by Crippen LogP contribution is -2.37. The Balaban J connectivity index is 1.81. The molecule has 0 bridgehead atoms. The van der Waals surface area contributed by atoms with Crippen LogP contribution in [0.15, 0.2) is 77.6 Å². The van der Waals surface area contributed by atoms with E-state index in [1.54, 1.807) is 64.3 Å². The van der Waals surface area contributed by atoms with Crippen LogP contribution < -0.4 is 21.5 Å². The summed E-state index contributed by atoms with van der Waals surface area (Å²) in [5.74, 6) is -1.31. The van der Waals surface area contributed by atoms with E-state index in [9.17, 15) is 23.6 Å². The third kappa shape index (κ3) is 6.47. The number of ketones is 1. The Morgan fingerprint density at radius 2 is 1.63 bits per heavy atom. The average molecular weight is 555 g/mol. The maximum absolute atomic E-state index is 13.4. The number of aromatic amines is 1. The number of anilines is 1. The van der Waals surface area contributed by atoms with Crippen LogP contribution in [0.5, 0.6) is 0 Å². The number of rotatable bonds is 9. The molecule has 41 heavy (non-hydrogen) atoms. The minimum atomic E-state index is -0.529. The molecule has 0 aliphatic carbocycles. The normalized spacial score (nSPS) is 11.5. The van der Waals surface area contributed by atoms with Gasteiger partial charge < -0.3 is 20.9 Å². The molecule has 0 radical (unpaired) electrons. The van der Waals surface area contributed by atoms with Crippen molar-refractivity contribution in [3.63, 3.8) is 0 Å². The van der Waals surface area contributed by atoms with Gasteiger partial charge in [0.1, 0.15) is 11.5 Å². The molecule has 1 heterocycles. The molecule has 0 saturated heterocycles.